The number of oxime groups is 1. The van der Waals surface area contributed by atoms with Gasteiger partial charge in [0.05, 0.1) is 17.8 Å². The number of para-hydroxylation sites is 1. The van der Waals surface area contributed by atoms with Gasteiger partial charge in [-0.2, -0.15) is 14.0 Å². The number of nitrogens with zero attached hydrogens (tertiary/aromatic N) is 2. The van der Waals surface area contributed by atoms with Crippen LogP contribution >= 0.6 is 0 Å². The van der Waals surface area contributed by atoms with Gasteiger partial charge in [0.25, 0.3) is 5.91 Å². The van der Waals surface area contributed by atoms with Crippen molar-refractivity contribution in [2.24, 2.45) is 5.16 Å². The maximum atomic E-state index is 12.3. The summed E-state index contributed by atoms with van der Waals surface area (Å²) in [6.07, 6.45) is 0.234. The molecule has 2 aromatic carbocycles. The van der Waals surface area contributed by atoms with Gasteiger partial charge in [0.1, 0.15) is 5.75 Å². The number of ether oxygens (including phenoxy) is 1. The lowest BCUT2D eigenvalue weighted by molar-refractivity contribution is -0.126. The maximum Gasteiger partial charge on any atom is 0.387 e. The van der Waals surface area contributed by atoms with Crippen LogP contribution in [0.25, 0.3) is 0 Å². The Balaban J connectivity index is 1.95. The quantitative estimate of drug-likeness (QED) is 0.605. The van der Waals surface area contributed by atoms with Gasteiger partial charge in [0.2, 0.25) is 6.10 Å². The number of alkyl halides is 2. The molecule has 2 aromatic rings. The van der Waals surface area contributed by atoms with E-state index in [0.717, 1.165) is 0 Å². The fourth-order valence-corrected chi connectivity index (χ4v) is 1.93. The Morgan fingerprint density at radius 2 is 2.04 bits per heavy atom. The number of nitrogens with one attached hydrogen (secondary N) is 1. The average molecular weight is 359 g/mol. The van der Waals surface area contributed by atoms with E-state index >= 15 is 0 Å². The summed E-state index contributed by atoms with van der Waals surface area (Å²) in [7, 11) is 0. The van der Waals surface area contributed by atoms with Crippen LogP contribution in [-0.4, -0.2) is 24.8 Å². The molecule has 0 aliphatic heterocycles. The van der Waals surface area contributed by atoms with Crippen LogP contribution in [-0.2, 0) is 9.63 Å². The zero-order chi connectivity index (χ0) is 18.9. The summed E-state index contributed by atoms with van der Waals surface area (Å²) >= 11 is 0. The number of carbonyl (C=O) groups excluding carboxylic acids is 1. The highest BCUT2D eigenvalue weighted by atomic mass is 19.3. The zero-order valence-corrected chi connectivity index (χ0v) is 13.7. The Bertz CT molecular complexity index is 834. The van der Waals surface area contributed by atoms with Gasteiger partial charge in [0, 0.05) is 11.3 Å². The van der Waals surface area contributed by atoms with Crippen molar-refractivity contribution in [3.63, 3.8) is 0 Å². The summed E-state index contributed by atoms with van der Waals surface area (Å²) in [5.74, 6) is -0.533. The number of hydrogen-bond donors (Lipinski definition) is 1. The van der Waals surface area contributed by atoms with Crippen molar-refractivity contribution < 1.29 is 23.1 Å². The number of amides is 1. The Morgan fingerprint density at radius 3 is 2.77 bits per heavy atom. The lowest BCUT2D eigenvalue weighted by atomic mass is 10.2. The molecule has 0 heterocycles. The number of anilines is 1. The topological polar surface area (TPSA) is 83.7 Å². The van der Waals surface area contributed by atoms with Crippen LogP contribution in [0.4, 0.5) is 14.5 Å². The molecule has 2 rings (SSSR count). The van der Waals surface area contributed by atoms with Crippen LogP contribution in [0, 0.1) is 11.3 Å². The normalized spacial score (nSPS) is 11.8. The minimum Gasteiger partial charge on any atom is -0.434 e. The van der Waals surface area contributed by atoms with Crippen molar-refractivity contribution >= 4 is 17.8 Å². The van der Waals surface area contributed by atoms with Crippen LogP contribution in [0.3, 0.4) is 0 Å². The Kier molecular flexibility index (Phi) is 6.62. The molecule has 8 heteroatoms. The van der Waals surface area contributed by atoms with Gasteiger partial charge in [-0.05, 0) is 37.3 Å². The Hall–Kier alpha value is -3.47. The molecule has 0 aliphatic carbocycles. The Morgan fingerprint density at radius 1 is 1.27 bits per heavy atom. The highest BCUT2D eigenvalue weighted by molar-refractivity contribution is 5.94. The molecule has 1 amide bonds. The fourth-order valence-electron chi connectivity index (χ4n) is 1.93. The van der Waals surface area contributed by atoms with Gasteiger partial charge in [-0.1, -0.05) is 23.4 Å². The van der Waals surface area contributed by atoms with Crippen molar-refractivity contribution in [2.45, 2.75) is 19.6 Å². The minimum atomic E-state index is -2.96. The van der Waals surface area contributed by atoms with E-state index in [4.69, 9.17) is 10.1 Å². The first-order valence-corrected chi connectivity index (χ1v) is 7.53. The molecular formula is C18H15F2N3O3. The van der Waals surface area contributed by atoms with Crippen LogP contribution < -0.4 is 10.1 Å². The molecule has 1 N–H and O–H groups in total. The van der Waals surface area contributed by atoms with E-state index in [-0.39, 0.29) is 11.3 Å². The van der Waals surface area contributed by atoms with Crippen LogP contribution in [0.15, 0.2) is 53.7 Å². The number of rotatable bonds is 7. The largest absolute Gasteiger partial charge is 0.434 e. The highest BCUT2D eigenvalue weighted by Crippen LogP contribution is 2.18. The average Bonchev–Trinajstić information content (AvgIpc) is 2.62. The van der Waals surface area contributed by atoms with Crippen LogP contribution in [0.5, 0.6) is 5.75 Å². The number of carbonyl (C=O) groups is 1. The van der Waals surface area contributed by atoms with Gasteiger partial charge in [-0.3, -0.25) is 4.79 Å². The van der Waals surface area contributed by atoms with Crippen molar-refractivity contribution in [1.82, 2.24) is 0 Å². The molecule has 26 heavy (non-hydrogen) atoms. The lowest BCUT2D eigenvalue weighted by Gasteiger charge is -2.11. The molecule has 6 nitrogen and oxygen atoms in total. The first-order chi connectivity index (χ1) is 12.5. The second-order valence-electron chi connectivity index (χ2n) is 5.08. The summed E-state index contributed by atoms with van der Waals surface area (Å²) in [6, 6.07) is 14.4. The summed E-state index contributed by atoms with van der Waals surface area (Å²) in [5.41, 5.74) is 1.14. The SMILES string of the molecule is C[C@@H](O/N=C\c1ccccc1OC(F)F)C(=O)Nc1cccc(C#N)c1. The summed E-state index contributed by atoms with van der Waals surface area (Å²) in [6.45, 7) is -1.48. The second kappa shape index (κ2) is 9.13. The van der Waals surface area contributed by atoms with Gasteiger partial charge in [-0.15, -0.1) is 0 Å². The highest BCUT2D eigenvalue weighted by Gasteiger charge is 2.14. The van der Waals surface area contributed by atoms with Gasteiger partial charge >= 0.3 is 6.61 Å². The first-order valence-electron chi connectivity index (χ1n) is 7.53. The third kappa shape index (κ3) is 5.56. The standard InChI is InChI=1S/C18H15F2N3O3/c1-12(17(24)23-15-7-4-5-13(9-15)10-21)26-22-11-14-6-2-3-8-16(14)25-18(19)20/h2-9,11-12,18H,1H3,(H,23,24)/b22-11-/t12-/m1/s1. The van der Waals surface area contributed by atoms with Crippen LogP contribution in [0.2, 0.25) is 0 Å². The molecule has 0 radical (unpaired) electrons. The third-order valence-electron chi connectivity index (χ3n) is 3.17. The molecule has 0 spiro atoms. The summed E-state index contributed by atoms with van der Waals surface area (Å²) < 4.78 is 29.1. The predicted molar refractivity (Wildman–Crippen MR) is 91.0 cm³/mol. The maximum absolute atomic E-state index is 12.3. The molecule has 1 atom stereocenters. The van der Waals surface area contributed by atoms with Crippen molar-refractivity contribution in [3.05, 3.63) is 59.7 Å². The Labute approximate surface area is 148 Å². The molecule has 134 valence electrons. The molecular weight excluding hydrogens is 344 g/mol. The van der Waals surface area contributed by atoms with Gasteiger partial charge < -0.3 is 14.9 Å². The molecule has 0 aliphatic rings. The summed E-state index contributed by atoms with van der Waals surface area (Å²) in [5, 5.41) is 15.1. The monoisotopic (exact) mass is 359 g/mol. The smallest absolute Gasteiger partial charge is 0.387 e. The molecule has 0 bridgehead atoms. The number of hydrogen-bond acceptors (Lipinski definition) is 5. The van der Waals surface area contributed by atoms with Crippen LogP contribution in [0.1, 0.15) is 18.1 Å². The van der Waals surface area contributed by atoms with E-state index in [1.165, 1.54) is 31.3 Å². The molecule has 0 aromatic heterocycles. The van der Waals surface area contributed by atoms with E-state index in [2.05, 4.69) is 15.2 Å². The first kappa shape index (κ1) is 18.9. The lowest BCUT2D eigenvalue weighted by Crippen LogP contribution is -2.26. The van der Waals surface area contributed by atoms with E-state index in [1.807, 2.05) is 6.07 Å². The van der Waals surface area contributed by atoms with E-state index < -0.39 is 18.6 Å². The van der Waals surface area contributed by atoms with Gasteiger partial charge in [-0.25, -0.2) is 0 Å². The molecule has 0 saturated carbocycles. The third-order valence-corrected chi connectivity index (χ3v) is 3.17. The fraction of sp³-hybridized carbons (Fsp3) is 0.167. The summed E-state index contributed by atoms with van der Waals surface area (Å²) in [4.78, 5) is 17.1. The number of halogens is 2. The van der Waals surface area contributed by atoms with Gasteiger partial charge in [0.15, 0.2) is 0 Å². The van der Waals surface area contributed by atoms with Crippen molar-refractivity contribution in [1.29, 1.82) is 5.26 Å². The minimum absolute atomic E-state index is 0.0553. The molecule has 0 unspecified atom stereocenters. The number of nitriles is 1. The predicted octanol–water partition coefficient (Wildman–Crippen LogP) is 3.54. The van der Waals surface area contributed by atoms with E-state index in [0.29, 0.717) is 11.3 Å². The van der Waals surface area contributed by atoms with Crippen molar-refractivity contribution in [2.75, 3.05) is 5.32 Å². The van der Waals surface area contributed by atoms with Crippen molar-refractivity contribution in [3.8, 4) is 11.8 Å². The number of benzene rings is 2. The molecule has 0 fully saturated rings. The molecule has 0 saturated heterocycles. The van der Waals surface area contributed by atoms with E-state index in [1.54, 1.807) is 30.3 Å². The van der Waals surface area contributed by atoms with E-state index in [9.17, 15) is 13.6 Å². The zero-order valence-electron chi connectivity index (χ0n) is 13.7. The second-order valence-corrected chi connectivity index (χ2v) is 5.08.